The molecule has 6 nitrogen and oxygen atoms in total. The van der Waals surface area contributed by atoms with Gasteiger partial charge in [-0.05, 0) is 26.7 Å². The predicted octanol–water partition coefficient (Wildman–Crippen LogP) is 1.69. The van der Waals surface area contributed by atoms with E-state index in [1.165, 1.54) is 0 Å². The SMILES string of the molecule is CC(NC(=O)C(C)(C)C)C(=O)NC1(C)CCCCC1C(=O)O. The summed E-state index contributed by atoms with van der Waals surface area (Å²) in [6, 6.07) is -0.695. The first-order valence-electron chi connectivity index (χ1n) is 7.83. The number of amides is 2. The van der Waals surface area contributed by atoms with Gasteiger partial charge in [0.15, 0.2) is 0 Å². The molecule has 3 N–H and O–H groups in total. The smallest absolute Gasteiger partial charge is 0.308 e. The van der Waals surface area contributed by atoms with Crippen LogP contribution in [0.3, 0.4) is 0 Å². The molecule has 1 aliphatic carbocycles. The summed E-state index contributed by atoms with van der Waals surface area (Å²) in [5.41, 5.74) is -1.34. The summed E-state index contributed by atoms with van der Waals surface area (Å²) in [6.45, 7) is 8.71. The number of carboxylic acids is 1. The number of aliphatic carboxylic acids is 1. The summed E-state index contributed by atoms with van der Waals surface area (Å²) in [4.78, 5) is 35.7. The van der Waals surface area contributed by atoms with Gasteiger partial charge in [0.2, 0.25) is 11.8 Å². The largest absolute Gasteiger partial charge is 0.481 e. The molecule has 0 radical (unpaired) electrons. The fourth-order valence-corrected chi connectivity index (χ4v) is 2.75. The Labute approximate surface area is 132 Å². The van der Waals surface area contributed by atoms with Gasteiger partial charge in [-0.25, -0.2) is 0 Å². The van der Waals surface area contributed by atoms with Gasteiger partial charge in [-0.15, -0.1) is 0 Å². The number of rotatable bonds is 4. The van der Waals surface area contributed by atoms with Gasteiger partial charge in [-0.2, -0.15) is 0 Å². The Morgan fingerprint density at radius 3 is 2.32 bits per heavy atom. The second-order valence-corrected chi connectivity index (χ2v) is 7.49. The van der Waals surface area contributed by atoms with Crippen LogP contribution in [-0.4, -0.2) is 34.5 Å². The molecular formula is C16H28N2O4. The van der Waals surface area contributed by atoms with Crippen LogP contribution in [0.4, 0.5) is 0 Å². The summed E-state index contributed by atoms with van der Waals surface area (Å²) < 4.78 is 0. The van der Waals surface area contributed by atoms with Crippen LogP contribution in [0.15, 0.2) is 0 Å². The lowest BCUT2D eigenvalue weighted by Crippen LogP contribution is -2.59. The van der Waals surface area contributed by atoms with Crippen LogP contribution in [0.2, 0.25) is 0 Å². The van der Waals surface area contributed by atoms with Gasteiger partial charge in [-0.3, -0.25) is 14.4 Å². The maximum atomic E-state index is 12.3. The standard InChI is InChI=1S/C16H28N2O4/c1-10(17-14(22)15(2,3)4)12(19)18-16(5)9-7-6-8-11(16)13(20)21/h10-11H,6-9H2,1-5H3,(H,17,22)(H,18,19)(H,20,21). The molecule has 1 saturated carbocycles. The Kier molecular flexibility index (Phi) is 5.59. The third kappa shape index (κ3) is 4.45. The van der Waals surface area contributed by atoms with Gasteiger partial charge in [0.25, 0.3) is 0 Å². The lowest BCUT2D eigenvalue weighted by atomic mass is 9.73. The van der Waals surface area contributed by atoms with E-state index in [9.17, 15) is 19.5 Å². The minimum Gasteiger partial charge on any atom is -0.481 e. The topological polar surface area (TPSA) is 95.5 Å². The molecule has 0 aromatic rings. The van der Waals surface area contributed by atoms with Crippen molar-refractivity contribution in [2.75, 3.05) is 0 Å². The van der Waals surface area contributed by atoms with Crippen molar-refractivity contribution in [1.82, 2.24) is 10.6 Å². The summed E-state index contributed by atoms with van der Waals surface area (Å²) >= 11 is 0. The first kappa shape index (κ1) is 18.5. The highest BCUT2D eigenvalue weighted by Gasteiger charge is 2.42. The molecule has 6 heteroatoms. The Morgan fingerprint density at radius 2 is 1.82 bits per heavy atom. The zero-order chi connectivity index (χ0) is 17.1. The minimum atomic E-state index is -0.881. The van der Waals surface area contributed by atoms with E-state index >= 15 is 0 Å². The molecular weight excluding hydrogens is 284 g/mol. The van der Waals surface area contributed by atoms with Crippen molar-refractivity contribution < 1.29 is 19.5 Å². The van der Waals surface area contributed by atoms with E-state index < -0.39 is 28.9 Å². The van der Waals surface area contributed by atoms with Crippen molar-refractivity contribution >= 4 is 17.8 Å². The van der Waals surface area contributed by atoms with Crippen molar-refractivity contribution in [3.05, 3.63) is 0 Å². The van der Waals surface area contributed by atoms with Crippen LogP contribution in [0.1, 0.15) is 60.3 Å². The van der Waals surface area contributed by atoms with Gasteiger partial charge in [0.05, 0.1) is 11.5 Å². The van der Waals surface area contributed by atoms with Gasteiger partial charge in [-0.1, -0.05) is 33.6 Å². The highest BCUT2D eigenvalue weighted by atomic mass is 16.4. The van der Waals surface area contributed by atoms with Crippen molar-refractivity contribution in [3.63, 3.8) is 0 Å². The van der Waals surface area contributed by atoms with Crippen molar-refractivity contribution in [3.8, 4) is 0 Å². The molecule has 3 atom stereocenters. The molecule has 0 aliphatic heterocycles. The highest BCUT2D eigenvalue weighted by Crippen LogP contribution is 2.33. The van der Waals surface area contributed by atoms with Gasteiger partial charge in [0.1, 0.15) is 6.04 Å². The molecule has 0 heterocycles. The molecule has 0 bridgehead atoms. The average molecular weight is 312 g/mol. The summed E-state index contributed by atoms with van der Waals surface area (Å²) in [7, 11) is 0. The Balaban J connectivity index is 2.73. The molecule has 1 aliphatic rings. The Hall–Kier alpha value is -1.59. The second-order valence-electron chi connectivity index (χ2n) is 7.49. The number of hydrogen-bond acceptors (Lipinski definition) is 3. The van der Waals surface area contributed by atoms with Crippen LogP contribution in [0, 0.1) is 11.3 Å². The third-order valence-corrected chi connectivity index (χ3v) is 4.34. The maximum Gasteiger partial charge on any atom is 0.308 e. The van der Waals surface area contributed by atoms with Gasteiger partial charge >= 0.3 is 5.97 Å². The Bertz CT molecular complexity index is 456. The molecule has 0 saturated heterocycles. The number of hydrogen-bond donors (Lipinski definition) is 3. The summed E-state index contributed by atoms with van der Waals surface area (Å²) in [5, 5.41) is 14.9. The zero-order valence-corrected chi connectivity index (χ0v) is 14.2. The molecule has 0 aromatic heterocycles. The molecule has 126 valence electrons. The lowest BCUT2D eigenvalue weighted by Gasteiger charge is -2.40. The van der Waals surface area contributed by atoms with Crippen molar-refractivity contribution in [1.29, 1.82) is 0 Å². The zero-order valence-electron chi connectivity index (χ0n) is 14.2. The van der Waals surface area contributed by atoms with E-state index in [4.69, 9.17) is 0 Å². The maximum absolute atomic E-state index is 12.3. The van der Waals surface area contributed by atoms with E-state index in [1.807, 2.05) is 0 Å². The van der Waals surface area contributed by atoms with Crippen LogP contribution >= 0.6 is 0 Å². The average Bonchev–Trinajstić information content (AvgIpc) is 2.36. The Morgan fingerprint density at radius 1 is 1.23 bits per heavy atom. The van der Waals surface area contributed by atoms with Crippen LogP contribution < -0.4 is 10.6 Å². The van der Waals surface area contributed by atoms with Crippen LogP contribution in [0.5, 0.6) is 0 Å². The number of carbonyl (C=O) groups is 3. The second kappa shape index (κ2) is 6.67. The highest BCUT2D eigenvalue weighted by molar-refractivity contribution is 5.90. The van der Waals surface area contributed by atoms with E-state index in [0.717, 1.165) is 12.8 Å². The number of carboxylic acid groups (broad SMARTS) is 1. The normalized spacial score (nSPS) is 26.9. The molecule has 3 unspecified atom stereocenters. The molecule has 0 aromatic carbocycles. The quantitative estimate of drug-likeness (QED) is 0.736. The minimum absolute atomic E-state index is 0.210. The first-order valence-corrected chi connectivity index (χ1v) is 7.83. The van der Waals surface area contributed by atoms with Crippen LogP contribution in [0.25, 0.3) is 0 Å². The van der Waals surface area contributed by atoms with Gasteiger partial charge in [0, 0.05) is 5.41 Å². The monoisotopic (exact) mass is 312 g/mol. The molecule has 1 fully saturated rings. The first-order chi connectivity index (χ1) is 9.97. The molecule has 0 spiro atoms. The van der Waals surface area contributed by atoms with Crippen molar-refractivity contribution in [2.45, 2.75) is 71.9 Å². The van der Waals surface area contributed by atoms with Crippen LogP contribution in [-0.2, 0) is 14.4 Å². The fraction of sp³-hybridized carbons (Fsp3) is 0.812. The lowest BCUT2D eigenvalue weighted by molar-refractivity contribution is -0.147. The summed E-state index contributed by atoms with van der Waals surface area (Å²) in [6.07, 6.45) is 2.95. The van der Waals surface area contributed by atoms with Crippen molar-refractivity contribution in [2.24, 2.45) is 11.3 Å². The number of nitrogens with one attached hydrogen (secondary N) is 2. The fourth-order valence-electron chi connectivity index (χ4n) is 2.75. The van der Waals surface area contributed by atoms with Gasteiger partial charge < -0.3 is 15.7 Å². The van der Waals surface area contributed by atoms with E-state index in [-0.39, 0.29) is 11.8 Å². The van der Waals surface area contributed by atoms with E-state index in [1.54, 1.807) is 34.6 Å². The predicted molar refractivity (Wildman–Crippen MR) is 83.2 cm³/mol. The molecule has 22 heavy (non-hydrogen) atoms. The van der Waals surface area contributed by atoms with E-state index in [2.05, 4.69) is 10.6 Å². The number of carbonyl (C=O) groups excluding carboxylic acids is 2. The van der Waals surface area contributed by atoms with E-state index in [0.29, 0.717) is 12.8 Å². The molecule has 2 amide bonds. The molecule has 1 rings (SSSR count). The third-order valence-electron chi connectivity index (χ3n) is 4.34. The summed E-state index contributed by atoms with van der Waals surface area (Å²) in [5.74, 6) is -2.02.